The lowest BCUT2D eigenvalue weighted by Gasteiger charge is -2.32. The van der Waals surface area contributed by atoms with Crippen LogP contribution in [0.1, 0.15) is 0 Å². The Balaban J connectivity index is 0.989. The second kappa shape index (κ2) is 13.6. The monoisotopic (exact) mass is 773 g/mol. The Kier molecular flexibility index (Phi) is 7.79. The zero-order valence-electron chi connectivity index (χ0n) is 32.0. The van der Waals surface area contributed by atoms with E-state index in [1.165, 1.54) is 55.4 Å². The first-order chi connectivity index (χ1) is 29.3. The Hall–Kier alpha value is -7.39. The molecule has 0 radical (unpaired) electrons. The molecule has 9 aromatic carbocycles. The van der Waals surface area contributed by atoms with Crippen LogP contribution in [0.15, 0.2) is 223 Å². The normalized spacial score (nSPS) is 13.9. The van der Waals surface area contributed by atoms with E-state index in [0.29, 0.717) is 0 Å². The van der Waals surface area contributed by atoms with Gasteiger partial charge in [0.1, 0.15) is 19.4 Å². The van der Waals surface area contributed by atoms with Crippen LogP contribution in [-0.4, -0.2) is 4.57 Å². The highest BCUT2D eigenvalue weighted by molar-refractivity contribution is 7.70. The second-order valence-electron chi connectivity index (χ2n) is 15.1. The van der Waals surface area contributed by atoms with Crippen molar-refractivity contribution in [3.63, 3.8) is 0 Å². The van der Waals surface area contributed by atoms with Crippen LogP contribution in [0.2, 0.25) is 0 Å². The highest BCUT2D eigenvalue weighted by Gasteiger charge is 2.39. The summed E-state index contributed by atoms with van der Waals surface area (Å²) in [5, 5.41) is 6.01. The molecule has 1 aliphatic rings. The molecule has 2 aromatic heterocycles. The van der Waals surface area contributed by atoms with Gasteiger partial charge >= 0.3 is 0 Å². The van der Waals surface area contributed by atoms with Gasteiger partial charge < -0.3 is 8.98 Å². The molecule has 0 spiro atoms. The van der Waals surface area contributed by atoms with E-state index in [-0.39, 0.29) is 0 Å². The van der Waals surface area contributed by atoms with Crippen LogP contribution >= 0.6 is 8.22 Å². The van der Waals surface area contributed by atoms with Crippen molar-refractivity contribution < 1.29 is 4.42 Å². The number of benzene rings is 9. The number of anilines is 4. The maximum Gasteiger partial charge on any atom is 0.138 e. The lowest BCUT2D eigenvalue weighted by molar-refractivity contribution is 0.669. The van der Waals surface area contributed by atoms with Gasteiger partial charge in [0.2, 0.25) is 0 Å². The van der Waals surface area contributed by atoms with Crippen molar-refractivity contribution in [1.29, 1.82) is 0 Å². The van der Waals surface area contributed by atoms with Crippen molar-refractivity contribution in [2.45, 2.75) is 0 Å². The van der Waals surface area contributed by atoms with E-state index in [0.717, 1.165) is 44.3 Å². The minimum absolute atomic E-state index is 0.885. The fourth-order valence-corrected chi connectivity index (χ4v) is 11.4. The molecule has 0 fully saturated rings. The average molecular weight is 774 g/mol. The lowest BCUT2D eigenvalue weighted by Crippen LogP contribution is -2.21. The first-order valence-electron chi connectivity index (χ1n) is 20.0. The minimum atomic E-state index is -0.981. The van der Waals surface area contributed by atoms with Crippen molar-refractivity contribution in [2.24, 2.45) is 0 Å². The molecule has 0 saturated heterocycles. The number of nitrogens with zero attached hydrogens (tertiary/aromatic N) is 3. The van der Waals surface area contributed by atoms with Gasteiger partial charge in [0.15, 0.2) is 0 Å². The average Bonchev–Trinajstić information content (AvgIpc) is 3.97. The number of hydrogen-bond acceptors (Lipinski definition) is 3. The number of rotatable bonds is 6. The molecule has 278 valence electrons. The topological polar surface area (TPSA) is 24.6 Å². The Morgan fingerprint density at radius 3 is 1.44 bits per heavy atom. The Morgan fingerprint density at radius 1 is 0.322 bits per heavy atom. The third-order valence-corrected chi connectivity index (χ3v) is 14.0. The Bertz CT molecular complexity index is 3340. The maximum absolute atomic E-state index is 6.48. The summed E-state index contributed by atoms with van der Waals surface area (Å²) in [5.41, 5.74) is 14.7. The summed E-state index contributed by atoms with van der Waals surface area (Å²) in [6, 6.07) is 78.9. The van der Waals surface area contributed by atoms with Crippen LogP contribution in [-0.2, 0) is 0 Å². The number of aromatic nitrogens is 1. The number of para-hydroxylation sites is 4. The van der Waals surface area contributed by atoms with Crippen molar-refractivity contribution in [3.05, 3.63) is 218 Å². The van der Waals surface area contributed by atoms with Gasteiger partial charge in [-0.1, -0.05) is 133 Å². The van der Waals surface area contributed by atoms with Gasteiger partial charge in [0, 0.05) is 43.9 Å². The molecule has 12 rings (SSSR count). The van der Waals surface area contributed by atoms with E-state index in [2.05, 4.69) is 232 Å². The van der Waals surface area contributed by atoms with Crippen LogP contribution in [0.5, 0.6) is 0 Å². The van der Waals surface area contributed by atoms with Crippen LogP contribution in [0.4, 0.5) is 22.7 Å². The van der Waals surface area contributed by atoms with Gasteiger partial charge in [0.05, 0.1) is 22.4 Å². The molecule has 1 atom stereocenters. The predicted octanol–water partition coefficient (Wildman–Crippen LogP) is 14.9. The summed E-state index contributed by atoms with van der Waals surface area (Å²) in [6.07, 6.45) is 0. The van der Waals surface area contributed by atoms with Crippen molar-refractivity contribution in [3.8, 4) is 27.9 Å². The third kappa shape index (κ3) is 5.49. The van der Waals surface area contributed by atoms with Gasteiger partial charge in [-0.05, 0) is 107 Å². The number of hydrogen-bond donors (Lipinski definition) is 0. The standard InChI is InChI=1S/C54H36N3OP/c1-5-15-41(16-6-1)55-49-24-14-13-23-45(49)46-29-25-39(35-51(46)55)37-27-31-53-47(33-37)48-34-38(28-32-54(48)58-53)40-26-30-50-52(36-40)57(43-19-9-3-10-20-43)59(44-21-11-4-12-22-44)56(50)42-17-7-2-8-18-42/h1-36H. The highest BCUT2D eigenvalue weighted by atomic mass is 31.1. The van der Waals surface area contributed by atoms with Gasteiger partial charge in [-0.15, -0.1) is 0 Å². The van der Waals surface area contributed by atoms with Crippen LogP contribution < -0.4 is 14.6 Å². The lowest BCUT2D eigenvalue weighted by atomic mass is 9.99. The van der Waals surface area contributed by atoms with E-state index in [1.807, 2.05) is 0 Å². The fraction of sp³-hybridized carbons (Fsp3) is 0. The van der Waals surface area contributed by atoms with E-state index < -0.39 is 8.22 Å². The van der Waals surface area contributed by atoms with Crippen molar-refractivity contribution >= 4 is 80.0 Å². The molecular formula is C54H36N3OP. The zero-order valence-corrected chi connectivity index (χ0v) is 32.9. The smallest absolute Gasteiger partial charge is 0.138 e. The summed E-state index contributed by atoms with van der Waals surface area (Å²) in [7, 11) is -0.981. The first kappa shape index (κ1) is 33.7. The maximum atomic E-state index is 6.48. The quantitative estimate of drug-likeness (QED) is 0.157. The van der Waals surface area contributed by atoms with E-state index >= 15 is 0 Å². The van der Waals surface area contributed by atoms with Crippen LogP contribution in [0, 0.1) is 0 Å². The molecule has 0 amide bonds. The van der Waals surface area contributed by atoms with Crippen LogP contribution in [0.25, 0.3) is 71.7 Å². The van der Waals surface area contributed by atoms with Crippen molar-refractivity contribution in [1.82, 2.24) is 4.57 Å². The molecule has 0 bridgehead atoms. The van der Waals surface area contributed by atoms with Gasteiger partial charge in [0.25, 0.3) is 0 Å². The number of furan rings is 1. The SMILES string of the molecule is c1ccc(N2c3ccc(-c4ccc5oc6ccc(-c7ccc8c9ccccc9n(-c9ccccc9)c8c7)cc6c5c4)cc3N(c3ccccc3)P2c2ccccc2)cc1. The molecule has 1 unspecified atom stereocenters. The fourth-order valence-electron chi connectivity index (χ4n) is 8.91. The summed E-state index contributed by atoms with van der Waals surface area (Å²) < 4.78 is 13.9. The molecule has 1 aliphatic heterocycles. The second-order valence-corrected chi connectivity index (χ2v) is 17.0. The van der Waals surface area contributed by atoms with E-state index in [4.69, 9.17) is 4.42 Å². The summed E-state index contributed by atoms with van der Waals surface area (Å²) in [5.74, 6) is 0. The molecule has 0 aliphatic carbocycles. The Morgan fingerprint density at radius 2 is 0.797 bits per heavy atom. The van der Waals surface area contributed by atoms with Gasteiger partial charge in [-0.3, -0.25) is 9.34 Å². The molecule has 3 heterocycles. The van der Waals surface area contributed by atoms with Crippen molar-refractivity contribution in [2.75, 3.05) is 9.34 Å². The molecular weight excluding hydrogens is 738 g/mol. The molecule has 4 nitrogen and oxygen atoms in total. The number of fused-ring (bicyclic) bond motifs is 7. The molecule has 0 N–H and O–H groups in total. The zero-order chi connectivity index (χ0) is 38.9. The van der Waals surface area contributed by atoms with E-state index in [9.17, 15) is 0 Å². The van der Waals surface area contributed by atoms with E-state index in [1.54, 1.807) is 0 Å². The summed E-state index contributed by atoms with van der Waals surface area (Å²) in [4.78, 5) is 0. The molecule has 0 saturated carbocycles. The predicted molar refractivity (Wildman–Crippen MR) is 249 cm³/mol. The Labute approximate surface area is 343 Å². The highest BCUT2D eigenvalue weighted by Crippen LogP contribution is 2.65. The first-order valence-corrected chi connectivity index (χ1v) is 21.3. The van der Waals surface area contributed by atoms with Crippen LogP contribution in [0.3, 0.4) is 0 Å². The summed E-state index contributed by atoms with van der Waals surface area (Å²) >= 11 is 0. The van der Waals surface area contributed by atoms with Gasteiger partial charge in [-0.25, -0.2) is 0 Å². The molecule has 5 heteroatoms. The third-order valence-electron chi connectivity index (χ3n) is 11.6. The molecule has 11 aromatic rings. The van der Waals surface area contributed by atoms with Gasteiger partial charge in [-0.2, -0.15) is 0 Å². The largest absolute Gasteiger partial charge is 0.456 e. The summed E-state index contributed by atoms with van der Waals surface area (Å²) in [6.45, 7) is 0. The minimum Gasteiger partial charge on any atom is -0.456 e. The molecule has 59 heavy (non-hydrogen) atoms.